The smallest absolute Gasteiger partial charge is 0.347 e. The van der Waals surface area contributed by atoms with Crippen molar-refractivity contribution in [3.05, 3.63) is 50.3 Å². The van der Waals surface area contributed by atoms with E-state index in [0.717, 1.165) is 16.0 Å². The number of aryl methyl sites for hydroxylation is 1. The van der Waals surface area contributed by atoms with Crippen LogP contribution in [0.25, 0.3) is 0 Å². The van der Waals surface area contributed by atoms with Gasteiger partial charge in [-0.05, 0) is 23.9 Å². The molecule has 5 heteroatoms. The molecule has 2 aromatic rings. The molecule has 98 valence electrons. The summed E-state index contributed by atoms with van der Waals surface area (Å²) >= 11 is 1.56. The first-order valence-electron chi connectivity index (χ1n) is 5.90. The van der Waals surface area contributed by atoms with Crippen LogP contribution in [0.15, 0.2) is 28.6 Å². The summed E-state index contributed by atoms with van der Waals surface area (Å²) in [6.45, 7) is 2.45. The highest BCUT2D eigenvalue weighted by atomic mass is 32.1. The van der Waals surface area contributed by atoms with E-state index in [2.05, 4.69) is 16.8 Å². The maximum Gasteiger partial charge on any atom is 0.347 e. The van der Waals surface area contributed by atoms with E-state index in [-0.39, 0.29) is 12.3 Å². The van der Waals surface area contributed by atoms with Gasteiger partial charge in [0.1, 0.15) is 0 Å². The van der Waals surface area contributed by atoms with Crippen LogP contribution >= 0.6 is 11.3 Å². The second kappa shape index (κ2) is 6.32. The van der Waals surface area contributed by atoms with Crippen LogP contribution < -0.4 is 5.69 Å². The zero-order chi connectivity index (χ0) is 13.7. The molecule has 0 saturated heterocycles. The molecule has 0 amide bonds. The van der Waals surface area contributed by atoms with Crippen LogP contribution in [-0.2, 0) is 6.54 Å². The molecule has 0 aliphatic rings. The number of nitrogens with zero attached hydrogens (tertiary/aromatic N) is 2. The molecule has 19 heavy (non-hydrogen) atoms. The number of aliphatic hydroxyl groups is 1. The van der Waals surface area contributed by atoms with Crippen molar-refractivity contribution in [1.82, 2.24) is 9.55 Å². The molecule has 0 aromatic carbocycles. The second-order valence-electron chi connectivity index (χ2n) is 4.07. The van der Waals surface area contributed by atoms with Crippen molar-refractivity contribution in [1.29, 1.82) is 0 Å². The van der Waals surface area contributed by atoms with Crippen molar-refractivity contribution in [3.63, 3.8) is 0 Å². The molecular formula is C14H14N2O2S. The summed E-state index contributed by atoms with van der Waals surface area (Å²) in [5, 5.41) is 10.7. The molecule has 0 unspecified atom stereocenters. The minimum atomic E-state index is -0.256. The molecule has 0 atom stereocenters. The molecule has 0 fully saturated rings. The number of hydrogen-bond donors (Lipinski definition) is 1. The maximum atomic E-state index is 11.7. The fourth-order valence-electron chi connectivity index (χ4n) is 1.62. The van der Waals surface area contributed by atoms with Gasteiger partial charge < -0.3 is 5.11 Å². The summed E-state index contributed by atoms with van der Waals surface area (Å²) in [6.07, 6.45) is 3.82. The van der Waals surface area contributed by atoms with E-state index in [4.69, 9.17) is 5.11 Å². The number of thiophene rings is 1. The van der Waals surface area contributed by atoms with Gasteiger partial charge in [-0.3, -0.25) is 4.57 Å². The normalized spacial score (nSPS) is 10.0. The molecule has 4 nitrogen and oxygen atoms in total. The molecule has 2 rings (SSSR count). The Morgan fingerprint density at radius 1 is 1.53 bits per heavy atom. The Kier molecular flexibility index (Phi) is 4.50. The van der Waals surface area contributed by atoms with Crippen molar-refractivity contribution in [2.75, 3.05) is 6.61 Å². The van der Waals surface area contributed by atoms with E-state index in [9.17, 15) is 4.79 Å². The van der Waals surface area contributed by atoms with Crippen LogP contribution in [0.2, 0.25) is 0 Å². The monoisotopic (exact) mass is 274 g/mol. The van der Waals surface area contributed by atoms with E-state index in [1.807, 2.05) is 18.4 Å². The zero-order valence-electron chi connectivity index (χ0n) is 10.6. The summed E-state index contributed by atoms with van der Waals surface area (Å²) in [5.41, 5.74) is 1.60. The van der Waals surface area contributed by atoms with Gasteiger partial charge in [-0.2, -0.15) is 0 Å². The van der Waals surface area contributed by atoms with Crippen LogP contribution in [0, 0.1) is 18.8 Å². The Labute approximate surface area is 115 Å². The average Bonchev–Trinajstić information content (AvgIpc) is 2.82. The SMILES string of the molecule is Cc1cnc(=O)n(Cc2sccc2C#CCCO)c1. The fourth-order valence-corrected chi connectivity index (χ4v) is 2.45. The van der Waals surface area contributed by atoms with Gasteiger partial charge in [0.25, 0.3) is 0 Å². The van der Waals surface area contributed by atoms with Gasteiger partial charge in [0.05, 0.1) is 13.2 Å². The molecule has 2 aromatic heterocycles. The Hall–Kier alpha value is -1.90. The molecule has 0 aliphatic heterocycles. The van der Waals surface area contributed by atoms with Gasteiger partial charge in [0.2, 0.25) is 0 Å². The van der Waals surface area contributed by atoms with Gasteiger partial charge in [0.15, 0.2) is 0 Å². The largest absolute Gasteiger partial charge is 0.395 e. The summed E-state index contributed by atoms with van der Waals surface area (Å²) in [4.78, 5) is 16.5. The molecule has 1 N–H and O–H groups in total. The number of aliphatic hydroxyl groups excluding tert-OH is 1. The summed E-state index contributed by atoms with van der Waals surface area (Å²) < 4.78 is 1.58. The molecule has 0 spiro atoms. The predicted octanol–water partition coefficient (Wildman–Crippen LogP) is 1.40. The highest BCUT2D eigenvalue weighted by Crippen LogP contribution is 2.16. The summed E-state index contributed by atoms with van der Waals surface area (Å²) in [6, 6.07) is 1.93. The van der Waals surface area contributed by atoms with Crippen LogP contribution in [0.4, 0.5) is 0 Å². The number of rotatable bonds is 3. The first kappa shape index (κ1) is 13.5. The highest BCUT2D eigenvalue weighted by Gasteiger charge is 2.05. The lowest BCUT2D eigenvalue weighted by molar-refractivity contribution is 0.305. The predicted molar refractivity (Wildman–Crippen MR) is 75.2 cm³/mol. The standard InChI is InChI=1S/C14H14N2O2S/c1-11-8-15-14(18)16(9-11)10-13-12(5-7-19-13)4-2-3-6-17/h5,7-9,17H,3,6,10H2,1H3. The van der Waals surface area contributed by atoms with Crippen molar-refractivity contribution in [2.24, 2.45) is 0 Å². The third kappa shape index (κ3) is 3.53. The third-order valence-electron chi connectivity index (χ3n) is 2.50. The highest BCUT2D eigenvalue weighted by molar-refractivity contribution is 7.10. The topological polar surface area (TPSA) is 55.1 Å². The zero-order valence-corrected chi connectivity index (χ0v) is 11.4. The molecule has 0 saturated carbocycles. The maximum absolute atomic E-state index is 11.7. The van der Waals surface area contributed by atoms with Crippen molar-refractivity contribution in [2.45, 2.75) is 19.9 Å². The van der Waals surface area contributed by atoms with E-state index in [1.165, 1.54) is 0 Å². The van der Waals surface area contributed by atoms with Crippen molar-refractivity contribution in [3.8, 4) is 11.8 Å². The third-order valence-corrected chi connectivity index (χ3v) is 3.41. The van der Waals surface area contributed by atoms with Gasteiger partial charge in [-0.25, -0.2) is 9.78 Å². The first-order chi connectivity index (χ1) is 9.20. The molecular weight excluding hydrogens is 260 g/mol. The molecule has 0 bridgehead atoms. The van der Waals surface area contributed by atoms with Gasteiger partial charge in [0, 0.05) is 29.3 Å². The number of aromatic nitrogens is 2. The van der Waals surface area contributed by atoms with Crippen molar-refractivity contribution >= 4 is 11.3 Å². The minimum absolute atomic E-state index is 0.0632. The van der Waals surface area contributed by atoms with Crippen LogP contribution in [0.5, 0.6) is 0 Å². The average molecular weight is 274 g/mol. The molecule has 2 heterocycles. The van der Waals surface area contributed by atoms with Gasteiger partial charge in [-0.15, -0.1) is 11.3 Å². The fraction of sp³-hybridized carbons (Fsp3) is 0.286. The number of hydrogen-bond acceptors (Lipinski definition) is 4. The Bertz CT molecular complexity index is 676. The lowest BCUT2D eigenvalue weighted by Crippen LogP contribution is -2.22. The Morgan fingerprint density at radius 3 is 3.16 bits per heavy atom. The van der Waals surface area contributed by atoms with Gasteiger partial charge >= 0.3 is 5.69 Å². The quantitative estimate of drug-likeness (QED) is 0.861. The lowest BCUT2D eigenvalue weighted by Gasteiger charge is -2.04. The van der Waals surface area contributed by atoms with E-state index in [1.54, 1.807) is 28.3 Å². The molecule has 0 radical (unpaired) electrons. The Morgan fingerprint density at radius 2 is 2.37 bits per heavy atom. The van der Waals surface area contributed by atoms with E-state index >= 15 is 0 Å². The van der Waals surface area contributed by atoms with Crippen LogP contribution in [-0.4, -0.2) is 21.3 Å². The van der Waals surface area contributed by atoms with E-state index in [0.29, 0.717) is 13.0 Å². The first-order valence-corrected chi connectivity index (χ1v) is 6.78. The van der Waals surface area contributed by atoms with E-state index < -0.39 is 0 Å². The van der Waals surface area contributed by atoms with Crippen LogP contribution in [0.3, 0.4) is 0 Å². The summed E-state index contributed by atoms with van der Waals surface area (Å²) in [7, 11) is 0. The van der Waals surface area contributed by atoms with Crippen molar-refractivity contribution < 1.29 is 5.11 Å². The summed E-state index contributed by atoms with van der Waals surface area (Å²) in [5.74, 6) is 5.91. The lowest BCUT2D eigenvalue weighted by atomic mass is 10.2. The van der Waals surface area contributed by atoms with Crippen LogP contribution in [0.1, 0.15) is 22.4 Å². The second-order valence-corrected chi connectivity index (χ2v) is 5.08. The van der Waals surface area contributed by atoms with Gasteiger partial charge in [-0.1, -0.05) is 11.8 Å². The minimum Gasteiger partial charge on any atom is -0.395 e. The molecule has 0 aliphatic carbocycles. The Balaban J connectivity index is 2.25.